The van der Waals surface area contributed by atoms with Crippen LogP contribution in [0.15, 0.2) is 17.1 Å². The van der Waals surface area contributed by atoms with Gasteiger partial charge in [-0.2, -0.15) is 0 Å². The first-order valence-electron chi connectivity index (χ1n) is 8.41. The Kier molecular flexibility index (Phi) is 9.38. The van der Waals surface area contributed by atoms with Crippen LogP contribution in [0.1, 0.15) is 71.6 Å². The van der Waals surface area contributed by atoms with Crippen molar-refractivity contribution in [2.45, 2.75) is 77.9 Å². The van der Waals surface area contributed by atoms with Gasteiger partial charge in [0.2, 0.25) is 0 Å². The Hall–Kier alpha value is -0.830. The molecular formula is C17H32N2O. The van der Waals surface area contributed by atoms with Crippen molar-refractivity contribution >= 4 is 5.84 Å². The van der Waals surface area contributed by atoms with Gasteiger partial charge in [0.1, 0.15) is 12.1 Å². The van der Waals surface area contributed by atoms with E-state index < -0.39 is 6.23 Å². The predicted molar refractivity (Wildman–Crippen MR) is 87.1 cm³/mol. The van der Waals surface area contributed by atoms with Gasteiger partial charge in [-0.25, -0.2) is 0 Å². The van der Waals surface area contributed by atoms with Crippen LogP contribution in [-0.2, 0) is 0 Å². The van der Waals surface area contributed by atoms with Gasteiger partial charge in [-0.05, 0) is 25.8 Å². The van der Waals surface area contributed by atoms with E-state index in [4.69, 9.17) is 0 Å². The number of unbranched alkanes of at least 4 members (excludes halogenated alkanes) is 8. The van der Waals surface area contributed by atoms with E-state index in [-0.39, 0.29) is 0 Å². The molecule has 0 aromatic rings. The summed E-state index contributed by atoms with van der Waals surface area (Å²) in [4.78, 5) is 6.36. The Labute approximate surface area is 124 Å². The first kappa shape index (κ1) is 17.2. The van der Waals surface area contributed by atoms with Crippen molar-refractivity contribution in [1.82, 2.24) is 4.90 Å². The molecule has 0 spiro atoms. The Morgan fingerprint density at radius 1 is 1.15 bits per heavy atom. The number of allylic oxidation sites excluding steroid dienone is 1. The number of amidine groups is 1. The summed E-state index contributed by atoms with van der Waals surface area (Å²) in [5.74, 6) is 0.944. The van der Waals surface area contributed by atoms with Crippen molar-refractivity contribution in [2.75, 3.05) is 13.1 Å². The first-order chi connectivity index (χ1) is 9.75. The fourth-order valence-electron chi connectivity index (χ4n) is 2.59. The molecule has 0 saturated carbocycles. The van der Waals surface area contributed by atoms with E-state index in [1.807, 2.05) is 4.90 Å². The molecule has 0 aliphatic carbocycles. The highest BCUT2D eigenvalue weighted by atomic mass is 16.3. The Bertz CT molecular complexity index is 297. The van der Waals surface area contributed by atoms with Crippen LogP contribution in [0.25, 0.3) is 0 Å². The third-order valence-corrected chi connectivity index (χ3v) is 3.85. The van der Waals surface area contributed by atoms with E-state index >= 15 is 0 Å². The SMILES string of the molecule is CCCCCCCCCC/C=C/C1=NCCN1C(C)O. The van der Waals surface area contributed by atoms with Crippen LogP contribution >= 0.6 is 0 Å². The van der Waals surface area contributed by atoms with Crippen molar-refractivity contribution in [1.29, 1.82) is 0 Å². The lowest BCUT2D eigenvalue weighted by molar-refractivity contribution is 0.0788. The molecule has 0 bridgehead atoms. The highest BCUT2D eigenvalue weighted by molar-refractivity contribution is 5.94. The summed E-state index contributed by atoms with van der Waals surface area (Å²) in [6.45, 7) is 5.71. The van der Waals surface area contributed by atoms with Crippen LogP contribution < -0.4 is 0 Å². The first-order valence-corrected chi connectivity index (χ1v) is 8.41. The van der Waals surface area contributed by atoms with Gasteiger partial charge in [0.05, 0.1) is 6.54 Å². The second-order valence-corrected chi connectivity index (χ2v) is 5.73. The molecule has 1 aliphatic heterocycles. The lowest BCUT2D eigenvalue weighted by Crippen LogP contribution is -2.34. The zero-order chi connectivity index (χ0) is 14.6. The molecule has 1 aliphatic rings. The summed E-state index contributed by atoms with van der Waals surface area (Å²) in [7, 11) is 0. The number of rotatable bonds is 11. The van der Waals surface area contributed by atoms with E-state index in [0.717, 1.165) is 25.3 Å². The van der Waals surface area contributed by atoms with Crippen LogP contribution in [0.2, 0.25) is 0 Å². The molecule has 0 fully saturated rings. The number of hydrogen-bond acceptors (Lipinski definition) is 3. The van der Waals surface area contributed by atoms with Crippen LogP contribution in [0, 0.1) is 0 Å². The molecule has 20 heavy (non-hydrogen) atoms. The molecule has 0 aromatic carbocycles. The van der Waals surface area contributed by atoms with Gasteiger partial charge in [0.15, 0.2) is 0 Å². The number of aliphatic hydroxyl groups is 1. The van der Waals surface area contributed by atoms with Gasteiger partial charge >= 0.3 is 0 Å². The minimum Gasteiger partial charge on any atom is -0.374 e. The minimum atomic E-state index is -0.427. The standard InChI is InChI=1S/C17H32N2O/c1-3-4-5-6-7-8-9-10-11-12-13-17-18-14-15-19(17)16(2)20/h12-13,16,20H,3-11,14-15H2,1-2H3/b13-12+. The summed E-state index contributed by atoms with van der Waals surface area (Å²) in [6, 6.07) is 0. The summed E-state index contributed by atoms with van der Waals surface area (Å²) >= 11 is 0. The molecule has 0 amide bonds. The van der Waals surface area contributed by atoms with Gasteiger partial charge in [0.25, 0.3) is 0 Å². The number of hydrogen-bond donors (Lipinski definition) is 1. The van der Waals surface area contributed by atoms with Crippen molar-refractivity contribution in [2.24, 2.45) is 4.99 Å². The third kappa shape index (κ3) is 7.09. The molecule has 3 nitrogen and oxygen atoms in total. The Morgan fingerprint density at radius 3 is 2.45 bits per heavy atom. The summed E-state index contributed by atoms with van der Waals surface area (Å²) in [5.41, 5.74) is 0. The largest absolute Gasteiger partial charge is 0.374 e. The quantitative estimate of drug-likeness (QED) is 0.578. The molecule has 1 rings (SSSR count). The van der Waals surface area contributed by atoms with Crippen molar-refractivity contribution in [3.05, 3.63) is 12.2 Å². The molecule has 3 heteroatoms. The van der Waals surface area contributed by atoms with Gasteiger partial charge in [-0.1, -0.05) is 57.9 Å². The maximum absolute atomic E-state index is 9.60. The van der Waals surface area contributed by atoms with Gasteiger partial charge in [-0.3, -0.25) is 4.99 Å². The van der Waals surface area contributed by atoms with E-state index in [2.05, 4.69) is 24.1 Å². The van der Waals surface area contributed by atoms with Crippen molar-refractivity contribution in [3.63, 3.8) is 0 Å². The van der Waals surface area contributed by atoms with Crippen LogP contribution in [0.5, 0.6) is 0 Å². The Balaban J connectivity index is 1.99. The normalized spacial score (nSPS) is 16.9. The van der Waals surface area contributed by atoms with E-state index in [9.17, 15) is 5.11 Å². The fraction of sp³-hybridized carbons (Fsp3) is 0.824. The summed E-state index contributed by atoms with van der Waals surface area (Å²) in [6.07, 6.45) is 15.9. The van der Waals surface area contributed by atoms with E-state index in [1.165, 1.54) is 51.4 Å². The lowest BCUT2D eigenvalue weighted by atomic mass is 10.1. The average molecular weight is 280 g/mol. The second kappa shape index (κ2) is 10.9. The molecule has 0 radical (unpaired) electrons. The molecule has 116 valence electrons. The zero-order valence-corrected chi connectivity index (χ0v) is 13.4. The summed E-state index contributed by atoms with van der Waals surface area (Å²) < 4.78 is 0. The third-order valence-electron chi connectivity index (χ3n) is 3.85. The number of nitrogens with zero attached hydrogens (tertiary/aromatic N) is 2. The summed E-state index contributed by atoms with van der Waals surface area (Å²) in [5, 5.41) is 9.60. The van der Waals surface area contributed by atoms with Crippen LogP contribution in [-0.4, -0.2) is 35.2 Å². The van der Waals surface area contributed by atoms with Crippen LogP contribution in [0.4, 0.5) is 0 Å². The fourth-order valence-corrected chi connectivity index (χ4v) is 2.59. The highest BCUT2D eigenvalue weighted by Crippen LogP contribution is 2.11. The van der Waals surface area contributed by atoms with Crippen molar-refractivity contribution < 1.29 is 5.11 Å². The maximum atomic E-state index is 9.60. The number of aliphatic hydroxyl groups excluding tert-OH is 1. The topological polar surface area (TPSA) is 35.8 Å². The van der Waals surface area contributed by atoms with Crippen molar-refractivity contribution in [3.8, 4) is 0 Å². The molecule has 1 unspecified atom stereocenters. The minimum absolute atomic E-state index is 0.427. The second-order valence-electron chi connectivity index (χ2n) is 5.73. The average Bonchev–Trinajstić information content (AvgIpc) is 2.89. The van der Waals surface area contributed by atoms with Gasteiger partial charge in [0, 0.05) is 6.54 Å². The van der Waals surface area contributed by atoms with Gasteiger partial charge < -0.3 is 10.0 Å². The predicted octanol–water partition coefficient (Wildman–Crippen LogP) is 4.13. The lowest BCUT2D eigenvalue weighted by Gasteiger charge is -2.21. The molecular weight excluding hydrogens is 248 g/mol. The monoisotopic (exact) mass is 280 g/mol. The number of aliphatic imine (C=N–C) groups is 1. The molecule has 0 saturated heterocycles. The maximum Gasteiger partial charge on any atom is 0.125 e. The Morgan fingerprint density at radius 2 is 1.80 bits per heavy atom. The molecule has 1 atom stereocenters. The van der Waals surface area contributed by atoms with E-state index in [1.54, 1.807) is 6.92 Å². The molecule has 1 N–H and O–H groups in total. The smallest absolute Gasteiger partial charge is 0.125 e. The van der Waals surface area contributed by atoms with Gasteiger partial charge in [-0.15, -0.1) is 0 Å². The molecule has 1 heterocycles. The van der Waals surface area contributed by atoms with E-state index in [0.29, 0.717) is 0 Å². The molecule has 0 aromatic heterocycles. The zero-order valence-electron chi connectivity index (χ0n) is 13.4. The highest BCUT2D eigenvalue weighted by Gasteiger charge is 2.17. The van der Waals surface area contributed by atoms with Crippen LogP contribution in [0.3, 0.4) is 0 Å².